The zero-order chi connectivity index (χ0) is 62.0. The van der Waals surface area contributed by atoms with E-state index in [9.17, 15) is 63.3 Å². The van der Waals surface area contributed by atoms with Crippen LogP contribution in [0.2, 0.25) is 0 Å². The van der Waals surface area contributed by atoms with Gasteiger partial charge in [0.15, 0.2) is 0 Å². The molecule has 16 N–H and O–H groups in total. The number of phenols is 1. The van der Waals surface area contributed by atoms with Crippen molar-refractivity contribution in [3.8, 4) is 5.75 Å². The second-order valence-electron chi connectivity index (χ2n) is 21.9. The molecular weight excluding hydrogens is 1090 g/mol. The van der Waals surface area contributed by atoms with Crippen molar-refractivity contribution in [2.24, 2.45) is 29.2 Å². The quantitative estimate of drug-likeness (QED) is 0.0324. The molecule has 84 heavy (non-hydrogen) atoms. The summed E-state index contributed by atoms with van der Waals surface area (Å²) in [5.74, 6) is -9.22. The van der Waals surface area contributed by atoms with Crippen molar-refractivity contribution in [2.45, 2.75) is 167 Å². The molecule has 1 fully saturated rings. The van der Waals surface area contributed by atoms with Gasteiger partial charge in [-0.15, -0.1) is 0 Å². The van der Waals surface area contributed by atoms with E-state index in [-0.39, 0.29) is 56.7 Å². The fourth-order valence-corrected chi connectivity index (χ4v) is 9.50. The van der Waals surface area contributed by atoms with Crippen LogP contribution in [0.3, 0.4) is 0 Å². The Balaban J connectivity index is 1.49. The Hall–Kier alpha value is -7.97. The maximum absolute atomic E-state index is 14.7. The van der Waals surface area contributed by atoms with E-state index in [0.717, 1.165) is 0 Å². The van der Waals surface area contributed by atoms with E-state index in [1.54, 1.807) is 70.2 Å². The van der Waals surface area contributed by atoms with Crippen molar-refractivity contribution < 1.29 is 63.3 Å². The number of aliphatic carboxylic acids is 1. The van der Waals surface area contributed by atoms with E-state index in [1.165, 1.54) is 29.6 Å². The second-order valence-corrected chi connectivity index (χ2v) is 21.9. The number of H-pyrrole nitrogens is 1. The predicted octanol–water partition coefficient (Wildman–Crippen LogP) is -0.685. The van der Waals surface area contributed by atoms with Gasteiger partial charge in [-0.1, -0.05) is 103 Å². The van der Waals surface area contributed by atoms with Crippen molar-refractivity contribution in [2.75, 3.05) is 26.2 Å². The smallest absolute Gasteiger partial charge is 0.326 e. The number of aromatic hydroxyl groups is 1. The molecule has 0 bridgehead atoms. The second kappa shape index (κ2) is 34.6. The Bertz CT molecular complexity index is 2640. The summed E-state index contributed by atoms with van der Waals surface area (Å²) < 4.78 is 0. The number of carboxylic acids is 1. The number of carbonyl (C=O) groups is 10. The van der Waals surface area contributed by atoms with Crippen LogP contribution in [-0.4, -0.2) is 170 Å². The number of aromatic nitrogens is 2. The number of rotatable bonds is 35. The van der Waals surface area contributed by atoms with Crippen LogP contribution in [0, 0.1) is 17.8 Å². The molecule has 2 aromatic carbocycles. The van der Waals surface area contributed by atoms with E-state index in [2.05, 4.69) is 52.5 Å². The highest BCUT2D eigenvalue weighted by Crippen LogP contribution is 2.22. The fraction of sp³-hybridized carbons (Fsp3) is 0.569. The Morgan fingerprint density at radius 3 is 1.86 bits per heavy atom. The minimum Gasteiger partial charge on any atom is -0.508 e. The van der Waals surface area contributed by atoms with Crippen molar-refractivity contribution in [3.63, 3.8) is 0 Å². The van der Waals surface area contributed by atoms with Gasteiger partial charge in [-0.05, 0) is 79.7 Å². The molecule has 1 saturated heterocycles. The van der Waals surface area contributed by atoms with Gasteiger partial charge in [0, 0.05) is 37.7 Å². The number of phenolic OH excluding ortho intramolecular Hbond substituents is 1. The number of aromatic amines is 1. The number of aliphatic hydroxyl groups is 1. The lowest BCUT2D eigenvalue weighted by Crippen LogP contribution is -2.62. The number of likely N-dealkylation sites (tertiary alicyclic amines) is 1. The largest absolute Gasteiger partial charge is 0.508 e. The molecule has 0 saturated carbocycles. The monoisotopic (exact) mass is 1170 g/mol. The number of aliphatic hydroxyl groups excluding tert-OH is 1. The number of nitrogens with two attached hydrogens (primary N) is 2. The summed E-state index contributed by atoms with van der Waals surface area (Å²) in [6.07, 6.45) is 5.46. The number of nitrogens with one attached hydrogen (secondary N) is 9. The number of unbranched alkanes of at least 4 members (excludes halogenated alkanes) is 1. The highest BCUT2D eigenvalue weighted by Gasteiger charge is 2.42. The number of nitrogens with zero attached hydrogens (tertiary/aromatic N) is 2. The topological polar surface area (TPSA) is 412 Å². The van der Waals surface area contributed by atoms with Crippen LogP contribution in [0.4, 0.5) is 0 Å². The molecule has 2 heterocycles. The number of imidazole rings is 1. The Morgan fingerprint density at radius 1 is 0.679 bits per heavy atom. The number of benzene rings is 2. The zero-order valence-electron chi connectivity index (χ0n) is 48.9. The van der Waals surface area contributed by atoms with Crippen LogP contribution in [-0.2, 0) is 67.2 Å². The summed E-state index contributed by atoms with van der Waals surface area (Å²) in [6.45, 7) is 9.68. The highest BCUT2D eigenvalue weighted by molar-refractivity contribution is 5.98. The summed E-state index contributed by atoms with van der Waals surface area (Å²) in [5, 5.41) is 51.2. The minimum atomic E-state index is -1.65. The van der Waals surface area contributed by atoms with E-state index >= 15 is 0 Å². The van der Waals surface area contributed by atoms with Crippen LogP contribution in [0.15, 0.2) is 67.1 Å². The number of hydrogen-bond acceptors (Lipinski definition) is 15. The molecule has 1 aromatic heterocycles. The third kappa shape index (κ3) is 21.7. The SMILES string of the molecule is CC[C@H](C)[C@H](NC(=O)[C@@H](NC(=O)[C@@H]1CCCN1C(=O)[C@H](Cc1cnc[nH]1)NC(=O)[C@H](CO)NC(=O)[C@H](Cc1ccc(O)cc1)NC(=O)[C@@H](N)CCCCN)[C@@H](C)CC)C(=O)N[C@@H](CC(C)C)C(=O)NCC(=O)N[C@@H](Cc1ccccc1)C(=O)O. The summed E-state index contributed by atoms with van der Waals surface area (Å²) in [5.41, 5.74) is 13.3. The van der Waals surface area contributed by atoms with E-state index < -0.39 is 138 Å². The minimum absolute atomic E-state index is 0.00443. The van der Waals surface area contributed by atoms with Crippen LogP contribution in [0.1, 0.15) is 110 Å². The summed E-state index contributed by atoms with van der Waals surface area (Å²) in [7, 11) is 0. The fourth-order valence-electron chi connectivity index (χ4n) is 9.50. The maximum Gasteiger partial charge on any atom is 0.326 e. The van der Waals surface area contributed by atoms with Gasteiger partial charge in [-0.3, -0.25) is 43.2 Å². The summed E-state index contributed by atoms with van der Waals surface area (Å²) >= 11 is 0. The van der Waals surface area contributed by atoms with E-state index in [0.29, 0.717) is 55.5 Å². The van der Waals surface area contributed by atoms with Gasteiger partial charge in [0.1, 0.15) is 54.1 Å². The van der Waals surface area contributed by atoms with E-state index in [4.69, 9.17) is 11.5 Å². The summed E-state index contributed by atoms with van der Waals surface area (Å²) in [4.78, 5) is 146. The van der Waals surface area contributed by atoms with Crippen LogP contribution in [0.5, 0.6) is 5.75 Å². The van der Waals surface area contributed by atoms with Crippen LogP contribution < -0.4 is 54.0 Å². The molecule has 462 valence electrons. The first-order valence-corrected chi connectivity index (χ1v) is 28.8. The first-order chi connectivity index (χ1) is 40.0. The van der Waals surface area contributed by atoms with Crippen molar-refractivity contribution in [3.05, 3.63) is 83.9 Å². The number of carboxylic acid groups (broad SMARTS) is 1. The predicted molar refractivity (Wildman–Crippen MR) is 309 cm³/mol. The lowest BCUT2D eigenvalue weighted by Gasteiger charge is -2.32. The lowest BCUT2D eigenvalue weighted by atomic mass is 9.94. The molecule has 11 atom stereocenters. The van der Waals surface area contributed by atoms with Crippen LogP contribution >= 0.6 is 0 Å². The number of hydrogen-bond donors (Lipinski definition) is 14. The highest BCUT2D eigenvalue weighted by atomic mass is 16.4. The van der Waals surface area contributed by atoms with Gasteiger partial charge in [0.2, 0.25) is 53.2 Å². The maximum atomic E-state index is 14.7. The molecule has 3 aromatic rings. The molecule has 26 heteroatoms. The molecule has 4 rings (SSSR count). The van der Waals surface area contributed by atoms with Gasteiger partial charge < -0.3 is 79.2 Å². The van der Waals surface area contributed by atoms with E-state index in [1.807, 2.05) is 13.8 Å². The van der Waals surface area contributed by atoms with Gasteiger partial charge in [-0.25, -0.2) is 9.78 Å². The van der Waals surface area contributed by atoms with Crippen molar-refractivity contribution in [1.82, 2.24) is 57.4 Å². The molecule has 0 radical (unpaired) electrons. The average Bonchev–Trinajstić information content (AvgIpc) is 4.39. The summed E-state index contributed by atoms with van der Waals surface area (Å²) in [6, 6.07) is 3.21. The number of amides is 9. The molecular formula is C58H87N13O13. The molecule has 0 spiro atoms. The Labute approximate surface area is 489 Å². The molecule has 0 aliphatic carbocycles. The normalized spacial score (nSPS) is 16.6. The third-order valence-corrected chi connectivity index (χ3v) is 14.8. The van der Waals surface area contributed by atoms with Crippen molar-refractivity contribution >= 4 is 59.1 Å². The molecule has 1 aliphatic rings. The molecule has 0 unspecified atom stereocenters. The van der Waals surface area contributed by atoms with Gasteiger partial charge in [0.05, 0.1) is 25.5 Å². The van der Waals surface area contributed by atoms with Crippen LogP contribution in [0.25, 0.3) is 0 Å². The number of carbonyl (C=O) groups excluding carboxylic acids is 9. The Morgan fingerprint density at radius 2 is 1.26 bits per heavy atom. The first-order valence-electron chi connectivity index (χ1n) is 28.8. The Kier molecular flexibility index (Phi) is 28.2. The van der Waals surface area contributed by atoms with Gasteiger partial charge >= 0.3 is 5.97 Å². The lowest BCUT2D eigenvalue weighted by molar-refractivity contribution is -0.143. The third-order valence-electron chi connectivity index (χ3n) is 14.8. The molecule has 1 aliphatic heterocycles. The standard InChI is InChI=1S/C58H87N13O13/c1-7-34(5)48(55(80)66-41(25-33(3)4)51(76)62-30-47(74)64-44(58(83)84)27-36-15-10-9-11-16-36)70-56(81)49(35(6)8-2)69-54(79)46-18-14-24-71(46)57(82)43(28-38-29-61-32-63-38)67-53(78)45(31-72)68-52(77)42(26-37-19-21-39(73)22-20-37)65-50(75)40(60)17-12-13-23-59/h9-11,15-16,19-22,29,32-35,40-46,48-49,72-73H,7-8,12-14,17-18,23-28,30-31,59-60H2,1-6H3,(H,61,63)(H,62,76)(H,64,74)(H,65,75)(H,66,80)(H,67,78)(H,68,77)(H,69,79)(H,70,81)(H,83,84)/t34-,35-,40-,41-,42-,43-,44-,45-,46-,48-,49-/m0/s1. The van der Waals surface area contributed by atoms with Gasteiger partial charge in [0.25, 0.3) is 0 Å². The molecule has 9 amide bonds. The molecule has 26 nitrogen and oxygen atoms in total. The first kappa shape index (κ1) is 68.5. The van der Waals surface area contributed by atoms with Crippen molar-refractivity contribution in [1.29, 1.82) is 0 Å². The van der Waals surface area contributed by atoms with Gasteiger partial charge in [-0.2, -0.15) is 0 Å². The average molecular weight is 1170 g/mol. The zero-order valence-corrected chi connectivity index (χ0v) is 48.9.